The summed E-state index contributed by atoms with van der Waals surface area (Å²) in [5.41, 5.74) is 4.67. The van der Waals surface area contributed by atoms with Gasteiger partial charge in [-0.2, -0.15) is 5.10 Å². The molecule has 1 fully saturated rings. The van der Waals surface area contributed by atoms with E-state index in [2.05, 4.69) is 15.0 Å². The van der Waals surface area contributed by atoms with Crippen molar-refractivity contribution in [3.8, 4) is 11.4 Å². The van der Waals surface area contributed by atoms with E-state index in [1.54, 1.807) is 0 Å². The summed E-state index contributed by atoms with van der Waals surface area (Å²) in [4.78, 5) is 16.8. The molecular weight excluding hydrogens is 324 g/mol. The van der Waals surface area contributed by atoms with Crippen LogP contribution in [0.1, 0.15) is 56.2 Å². The van der Waals surface area contributed by atoms with E-state index in [1.165, 1.54) is 43.4 Å². The van der Waals surface area contributed by atoms with Crippen LogP contribution >= 0.6 is 0 Å². The summed E-state index contributed by atoms with van der Waals surface area (Å²) in [5, 5.41) is 8.02. The molecule has 0 unspecified atom stereocenters. The third-order valence-corrected chi connectivity index (χ3v) is 5.76. The maximum absolute atomic E-state index is 12.4. The van der Waals surface area contributed by atoms with Crippen molar-refractivity contribution in [1.82, 2.24) is 20.1 Å². The summed E-state index contributed by atoms with van der Waals surface area (Å²) in [5.74, 6) is 0.454. The molecule has 0 aromatic carbocycles. The highest BCUT2D eigenvalue weighted by Crippen LogP contribution is 2.30. The topological polar surface area (TPSA) is 59.8 Å². The number of carbonyl (C=O) groups excluding carboxylic acids is 1. The van der Waals surface area contributed by atoms with Crippen LogP contribution < -0.4 is 5.32 Å². The van der Waals surface area contributed by atoms with Gasteiger partial charge in [-0.3, -0.25) is 14.5 Å². The van der Waals surface area contributed by atoms with E-state index in [0.29, 0.717) is 6.54 Å². The van der Waals surface area contributed by atoms with Crippen molar-refractivity contribution < 1.29 is 4.79 Å². The van der Waals surface area contributed by atoms with E-state index in [9.17, 15) is 4.79 Å². The second-order valence-electron chi connectivity index (χ2n) is 7.55. The monoisotopic (exact) mass is 352 g/mol. The fourth-order valence-corrected chi connectivity index (χ4v) is 4.36. The van der Waals surface area contributed by atoms with Gasteiger partial charge in [0.05, 0.1) is 12.2 Å². The van der Waals surface area contributed by atoms with E-state index >= 15 is 0 Å². The number of hydrogen-bond donors (Lipinski definition) is 1. The molecule has 2 aliphatic rings. The SMILES string of the molecule is O=C(NCCn1nc(-c2ccccn2)c2c1CCCC2)C1CCCCC1. The molecule has 0 spiro atoms. The van der Waals surface area contributed by atoms with Gasteiger partial charge in [0, 0.05) is 29.9 Å². The second-order valence-corrected chi connectivity index (χ2v) is 7.55. The number of aromatic nitrogens is 3. The Morgan fingerprint density at radius 1 is 1.12 bits per heavy atom. The average Bonchev–Trinajstić information content (AvgIpc) is 3.08. The lowest BCUT2D eigenvalue weighted by molar-refractivity contribution is -0.125. The van der Waals surface area contributed by atoms with Crippen molar-refractivity contribution in [2.45, 2.75) is 64.3 Å². The number of nitrogens with one attached hydrogen (secondary N) is 1. The van der Waals surface area contributed by atoms with Crippen LogP contribution in [-0.2, 0) is 24.2 Å². The highest BCUT2D eigenvalue weighted by atomic mass is 16.1. The predicted molar refractivity (Wildman–Crippen MR) is 102 cm³/mol. The van der Waals surface area contributed by atoms with Gasteiger partial charge in [-0.15, -0.1) is 0 Å². The number of fused-ring (bicyclic) bond motifs is 1. The maximum atomic E-state index is 12.4. The number of hydrogen-bond acceptors (Lipinski definition) is 3. The van der Waals surface area contributed by atoms with Gasteiger partial charge in [0.15, 0.2) is 0 Å². The molecule has 5 heteroatoms. The Morgan fingerprint density at radius 2 is 1.96 bits per heavy atom. The molecule has 1 amide bonds. The first-order chi connectivity index (χ1) is 12.8. The lowest BCUT2D eigenvalue weighted by atomic mass is 9.89. The van der Waals surface area contributed by atoms with Crippen molar-refractivity contribution in [2.75, 3.05) is 6.54 Å². The Bertz CT molecular complexity index is 747. The Labute approximate surface area is 155 Å². The molecule has 0 saturated heterocycles. The summed E-state index contributed by atoms with van der Waals surface area (Å²) >= 11 is 0. The predicted octanol–water partition coefficient (Wildman–Crippen LogP) is 3.52. The first kappa shape index (κ1) is 17.3. The molecule has 4 rings (SSSR count). The molecule has 0 radical (unpaired) electrons. The molecule has 2 aromatic heterocycles. The van der Waals surface area contributed by atoms with Crippen LogP contribution in [0.2, 0.25) is 0 Å². The van der Waals surface area contributed by atoms with E-state index < -0.39 is 0 Å². The summed E-state index contributed by atoms with van der Waals surface area (Å²) in [7, 11) is 0. The van der Waals surface area contributed by atoms with Gasteiger partial charge in [0.2, 0.25) is 5.91 Å². The Morgan fingerprint density at radius 3 is 2.77 bits per heavy atom. The number of nitrogens with zero attached hydrogens (tertiary/aromatic N) is 3. The van der Waals surface area contributed by atoms with Crippen LogP contribution in [0.15, 0.2) is 24.4 Å². The minimum absolute atomic E-state index is 0.222. The molecule has 2 aliphatic carbocycles. The van der Waals surface area contributed by atoms with Crippen LogP contribution in [0.3, 0.4) is 0 Å². The zero-order valence-corrected chi connectivity index (χ0v) is 15.4. The molecule has 138 valence electrons. The van der Waals surface area contributed by atoms with Crippen LogP contribution in [0, 0.1) is 5.92 Å². The molecule has 26 heavy (non-hydrogen) atoms. The normalized spacial score (nSPS) is 17.7. The van der Waals surface area contributed by atoms with Gasteiger partial charge in [0.25, 0.3) is 0 Å². The second kappa shape index (κ2) is 8.02. The van der Waals surface area contributed by atoms with Gasteiger partial charge in [0.1, 0.15) is 5.69 Å². The lowest BCUT2D eigenvalue weighted by Crippen LogP contribution is -2.34. The molecule has 1 saturated carbocycles. The van der Waals surface area contributed by atoms with Gasteiger partial charge >= 0.3 is 0 Å². The molecule has 0 aliphatic heterocycles. The fraction of sp³-hybridized carbons (Fsp3) is 0.571. The Balaban J connectivity index is 1.45. The van der Waals surface area contributed by atoms with Crippen molar-refractivity contribution in [1.29, 1.82) is 0 Å². The minimum atomic E-state index is 0.222. The van der Waals surface area contributed by atoms with Crippen LogP contribution in [0.25, 0.3) is 11.4 Å². The standard InChI is InChI=1S/C21H28N4O/c26-21(16-8-2-1-3-9-16)23-14-15-25-19-12-5-4-10-17(19)20(24-25)18-11-6-7-13-22-18/h6-7,11,13,16H,1-5,8-10,12,14-15H2,(H,23,26). The third kappa shape index (κ3) is 3.67. The van der Waals surface area contributed by atoms with Crippen molar-refractivity contribution in [2.24, 2.45) is 5.92 Å². The Hall–Kier alpha value is -2.17. The average molecular weight is 352 g/mol. The number of amides is 1. The molecule has 2 heterocycles. The van der Waals surface area contributed by atoms with Gasteiger partial charge in [-0.05, 0) is 50.7 Å². The number of rotatable bonds is 5. The number of pyridine rings is 1. The van der Waals surface area contributed by atoms with Crippen LogP contribution in [-0.4, -0.2) is 27.2 Å². The molecule has 0 atom stereocenters. The van der Waals surface area contributed by atoms with Crippen molar-refractivity contribution in [3.05, 3.63) is 35.7 Å². The van der Waals surface area contributed by atoms with Crippen LogP contribution in [0.4, 0.5) is 0 Å². The zero-order valence-electron chi connectivity index (χ0n) is 15.4. The van der Waals surface area contributed by atoms with E-state index in [4.69, 9.17) is 5.10 Å². The number of carbonyl (C=O) groups is 1. The highest BCUT2D eigenvalue weighted by Gasteiger charge is 2.23. The third-order valence-electron chi connectivity index (χ3n) is 5.76. The van der Waals surface area contributed by atoms with Gasteiger partial charge in [-0.25, -0.2) is 0 Å². The summed E-state index contributed by atoms with van der Waals surface area (Å²) < 4.78 is 2.11. The zero-order chi connectivity index (χ0) is 17.8. The molecule has 0 bridgehead atoms. The van der Waals surface area contributed by atoms with Gasteiger partial charge < -0.3 is 5.32 Å². The highest BCUT2D eigenvalue weighted by molar-refractivity contribution is 5.78. The summed E-state index contributed by atoms with van der Waals surface area (Å²) in [6.07, 6.45) is 12.2. The maximum Gasteiger partial charge on any atom is 0.223 e. The summed E-state index contributed by atoms with van der Waals surface area (Å²) in [6.45, 7) is 1.40. The fourth-order valence-electron chi connectivity index (χ4n) is 4.36. The first-order valence-electron chi connectivity index (χ1n) is 10.1. The quantitative estimate of drug-likeness (QED) is 0.896. The van der Waals surface area contributed by atoms with Crippen molar-refractivity contribution in [3.63, 3.8) is 0 Å². The first-order valence-corrected chi connectivity index (χ1v) is 10.1. The Kier molecular flexibility index (Phi) is 5.32. The molecule has 2 aromatic rings. The molecule has 5 nitrogen and oxygen atoms in total. The molecule has 1 N–H and O–H groups in total. The van der Waals surface area contributed by atoms with E-state index in [-0.39, 0.29) is 11.8 Å². The van der Waals surface area contributed by atoms with Gasteiger partial charge in [-0.1, -0.05) is 25.3 Å². The molecular formula is C21H28N4O. The van der Waals surface area contributed by atoms with Crippen molar-refractivity contribution >= 4 is 5.91 Å². The lowest BCUT2D eigenvalue weighted by Gasteiger charge is -2.21. The summed E-state index contributed by atoms with van der Waals surface area (Å²) in [6, 6.07) is 5.99. The van der Waals surface area contributed by atoms with E-state index in [0.717, 1.165) is 43.6 Å². The minimum Gasteiger partial charge on any atom is -0.354 e. The van der Waals surface area contributed by atoms with E-state index in [1.807, 2.05) is 24.4 Å². The largest absolute Gasteiger partial charge is 0.354 e. The van der Waals surface area contributed by atoms with Crippen LogP contribution in [0.5, 0.6) is 0 Å². The smallest absolute Gasteiger partial charge is 0.223 e.